The first-order chi connectivity index (χ1) is 58.0. The summed E-state index contributed by atoms with van der Waals surface area (Å²) < 4.78 is 51.2. The molecule has 0 radical (unpaired) electrons. The molecule has 0 bridgehead atoms. The van der Waals surface area contributed by atoms with Gasteiger partial charge in [0.1, 0.15) is 0 Å². The second-order valence-corrected chi connectivity index (χ2v) is 28.1. The molecule has 0 saturated carbocycles. The van der Waals surface area contributed by atoms with Gasteiger partial charge in [-0.25, -0.2) is 69.5 Å². The zero-order valence-electron chi connectivity index (χ0n) is 62.2. The van der Waals surface area contributed by atoms with E-state index in [0.717, 1.165) is 56.6 Å². The first-order valence-electron chi connectivity index (χ1n) is 37.8. The zero-order valence-corrected chi connectivity index (χ0v) is 62.2. The summed E-state index contributed by atoms with van der Waals surface area (Å²) in [4.78, 5) is 69.5. The Morgan fingerprint density at radius 2 is 0.458 bits per heavy atom. The number of rotatable bonds is 15. The number of aromatic nitrogens is 14. The number of halogens is 3. The first-order valence-corrected chi connectivity index (χ1v) is 37.8. The summed E-state index contributed by atoms with van der Waals surface area (Å²) in [5.41, 5.74) is 10.9. The lowest BCUT2D eigenvalue weighted by atomic mass is 9.98. The Morgan fingerprint density at radius 1 is 0.220 bits per heavy atom. The van der Waals surface area contributed by atoms with Crippen LogP contribution in [0.5, 0.6) is 0 Å². The van der Waals surface area contributed by atoms with Crippen molar-refractivity contribution >= 4 is 55.0 Å². The SMILES string of the molecule is [C-]#[N+]c1cc(-c2cc(-n3c4ccc(-c5nc(-c6ccccc6)nc(-c6ccccc6)n5)cc4c4cc(-c5nc(-c6ccccc6)nc(-c6ccccc6)n5)ccc43)c([N+]#[C-])cc2-n2c3ccc(-c4nc(-c5ccccc5)nc(-c5ccccc5)n4)cc3c3cc(-c4nc(-c5ccccc5)nc(-c5ccccc5)n4)ccc32)cc(C(F)(F)F)c1. The fourth-order valence-corrected chi connectivity index (χ4v) is 15.1. The Bertz CT molecular complexity index is 6810. The van der Waals surface area contributed by atoms with Crippen LogP contribution in [-0.2, 0) is 6.18 Å². The van der Waals surface area contributed by atoms with Crippen LogP contribution >= 0.6 is 0 Å². The third-order valence-corrected chi connectivity index (χ3v) is 20.7. The van der Waals surface area contributed by atoms with Crippen LogP contribution in [0.3, 0.4) is 0 Å². The normalized spacial score (nSPS) is 11.5. The molecule has 20 rings (SSSR count). The monoisotopic (exact) mass is 1530 g/mol. The average molecular weight is 1530 g/mol. The molecule has 0 aliphatic carbocycles. The molecule has 6 heterocycles. The molecule has 0 unspecified atom stereocenters. The molecule has 0 saturated heterocycles. The highest BCUT2D eigenvalue weighted by molar-refractivity contribution is 6.14. The van der Waals surface area contributed by atoms with Crippen LogP contribution < -0.4 is 0 Å². The highest BCUT2D eigenvalue weighted by Gasteiger charge is 2.33. The van der Waals surface area contributed by atoms with Crippen molar-refractivity contribution in [1.29, 1.82) is 0 Å². The van der Waals surface area contributed by atoms with Crippen LogP contribution in [0, 0.1) is 13.1 Å². The van der Waals surface area contributed by atoms with Gasteiger partial charge in [0.25, 0.3) is 0 Å². The van der Waals surface area contributed by atoms with E-state index in [9.17, 15) is 6.57 Å². The van der Waals surface area contributed by atoms with Crippen LogP contribution in [0.4, 0.5) is 24.5 Å². The predicted octanol–water partition coefficient (Wildman–Crippen LogP) is 24.4. The van der Waals surface area contributed by atoms with E-state index in [2.05, 4.69) is 9.69 Å². The second kappa shape index (κ2) is 29.5. The van der Waals surface area contributed by atoms with E-state index in [1.54, 1.807) is 12.1 Å². The maximum Gasteiger partial charge on any atom is 0.415 e. The standard InChI is InChI=1S/C99H57F3N16/c1-103-74-52-72(51-73(57-74)99(100,101)102)75-58-86(118-83-49-45-70(97-113-91(64-35-19-7-20-36-64)107-92(114-97)65-37-21-8-22-38-65)55-78(83)79-56-71(46-50-84(79)118)98-115-93(66-39-23-9-24-40-66)108-94(116-98)67-41-25-10-26-42-67)80(104-2)59-85(75)117-81-47-43-68(95-109-87(60-27-11-3-12-28-60)105-88(110-95)61-29-13-4-14-30-61)53-76(81)77-54-69(44-48-82(77)117)96-111-89(62-31-15-5-16-32-62)106-90(112-96)63-33-17-6-18-34-63/h3-59H. The number of hydrogen-bond donors (Lipinski definition) is 0. The first kappa shape index (κ1) is 70.6. The highest BCUT2D eigenvalue weighted by Crippen LogP contribution is 2.48. The molecule has 20 aromatic rings. The van der Waals surface area contributed by atoms with Crippen LogP contribution in [0.1, 0.15) is 5.56 Å². The molecule has 14 aromatic carbocycles. The minimum absolute atomic E-state index is 0.0536. The Morgan fingerprint density at radius 3 is 0.686 bits per heavy atom. The summed E-state index contributed by atoms with van der Waals surface area (Å²) in [5.74, 6) is 5.12. The van der Waals surface area contributed by atoms with E-state index >= 15 is 13.2 Å². The molecular weight excluding hydrogens is 1470 g/mol. The van der Waals surface area contributed by atoms with Crippen molar-refractivity contribution in [3.05, 3.63) is 374 Å². The van der Waals surface area contributed by atoms with E-state index in [4.69, 9.17) is 66.4 Å². The smallest absolute Gasteiger partial charge is 0.319 e. The number of nitrogens with zero attached hydrogens (tertiary/aromatic N) is 16. The van der Waals surface area contributed by atoms with Crippen LogP contribution in [0.2, 0.25) is 0 Å². The fraction of sp³-hybridized carbons (Fsp3) is 0.0101. The van der Waals surface area contributed by atoms with Gasteiger partial charge in [0.15, 0.2) is 75.6 Å². The van der Waals surface area contributed by atoms with Gasteiger partial charge in [-0.1, -0.05) is 243 Å². The molecular formula is C99H57F3N16. The Kier molecular flexibility index (Phi) is 17.7. The summed E-state index contributed by atoms with van der Waals surface area (Å²) in [6.45, 7) is 17.8. The average Bonchev–Trinajstić information content (AvgIpc) is 1.54. The number of hydrogen-bond acceptors (Lipinski definition) is 12. The molecule has 0 aliphatic rings. The van der Waals surface area contributed by atoms with Crippen molar-refractivity contribution in [3.8, 4) is 159 Å². The topological polar surface area (TPSA) is 173 Å². The van der Waals surface area contributed by atoms with Gasteiger partial charge in [0.05, 0.1) is 40.9 Å². The van der Waals surface area contributed by atoms with Gasteiger partial charge < -0.3 is 9.13 Å². The van der Waals surface area contributed by atoms with Crippen molar-refractivity contribution in [2.75, 3.05) is 0 Å². The molecule has 19 heteroatoms. The van der Waals surface area contributed by atoms with Gasteiger partial charge in [-0.05, 0) is 109 Å². The summed E-state index contributed by atoms with van der Waals surface area (Å²) in [6.07, 6.45) is -4.90. The quantitative estimate of drug-likeness (QED) is 0.0890. The molecule has 554 valence electrons. The molecule has 0 spiro atoms. The van der Waals surface area contributed by atoms with Crippen molar-refractivity contribution in [3.63, 3.8) is 0 Å². The van der Waals surface area contributed by atoms with Crippen LogP contribution in [-0.4, -0.2) is 68.9 Å². The summed E-state index contributed by atoms with van der Waals surface area (Å²) in [6, 6.07) is 108. The molecule has 6 aromatic heterocycles. The molecule has 0 fully saturated rings. The van der Waals surface area contributed by atoms with Crippen molar-refractivity contribution in [2.24, 2.45) is 0 Å². The second-order valence-electron chi connectivity index (χ2n) is 28.1. The highest BCUT2D eigenvalue weighted by atomic mass is 19.4. The minimum atomic E-state index is -4.90. The van der Waals surface area contributed by atoms with Crippen LogP contribution in [0.25, 0.3) is 212 Å². The predicted molar refractivity (Wildman–Crippen MR) is 457 cm³/mol. The van der Waals surface area contributed by atoms with Gasteiger partial charge in [-0.15, -0.1) is 0 Å². The van der Waals surface area contributed by atoms with Gasteiger partial charge in [-0.2, -0.15) is 13.2 Å². The Hall–Kier alpha value is -16.5. The third-order valence-electron chi connectivity index (χ3n) is 20.7. The molecule has 0 amide bonds. The maximum absolute atomic E-state index is 15.7. The van der Waals surface area contributed by atoms with Gasteiger partial charge in [-0.3, -0.25) is 0 Å². The lowest BCUT2D eigenvalue weighted by Crippen LogP contribution is -2.06. The van der Waals surface area contributed by atoms with Crippen molar-refractivity contribution < 1.29 is 13.2 Å². The molecule has 0 atom stereocenters. The summed E-state index contributed by atoms with van der Waals surface area (Å²) >= 11 is 0. The van der Waals surface area contributed by atoms with E-state index < -0.39 is 11.7 Å². The molecule has 0 aliphatic heterocycles. The molecule has 118 heavy (non-hydrogen) atoms. The van der Waals surface area contributed by atoms with E-state index in [0.29, 0.717) is 147 Å². The summed E-state index contributed by atoms with van der Waals surface area (Å²) in [5, 5.41) is 2.73. The van der Waals surface area contributed by atoms with E-state index in [-0.39, 0.29) is 22.5 Å². The Labute approximate surface area is 672 Å². The van der Waals surface area contributed by atoms with Crippen LogP contribution in [0.15, 0.2) is 346 Å². The zero-order chi connectivity index (χ0) is 79.4. The van der Waals surface area contributed by atoms with Crippen molar-refractivity contribution in [1.82, 2.24) is 68.9 Å². The maximum atomic E-state index is 15.7. The number of fused-ring (bicyclic) bond motifs is 6. The third kappa shape index (κ3) is 13.3. The van der Waals surface area contributed by atoms with Crippen molar-refractivity contribution in [2.45, 2.75) is 6.18 Å². The van der Waals surface area contributed by atoms with Gasteiger partial charge >= 0.3 is 6.18 Å². The minimum Gasteiger partial charge on any atom is -0.319 e. The lowest BCUT2D eigenvalue weighted by molar-refractivity contribution is -0.137. The van der Waals surface area contributed by atoms with E-state index in [1.807, 2.05) is 325 Å². The lowest BCUT2D eigenvalue weighted by Gasteiger charge is -2.20. The largest absolute Gasteiger partial charge is 0.415 e. The number of alkyl halides is 3. The summed E-state index contributed by atoms with van der Waals surface area (Å²) in [7, 11) is 0. The van der Waals surface area contributed by atoms with Gasteiger partial charge in [0, 0.05) is 105 Å². The Balaban J connectivity index is 0.855. The number of benzene rings is 14. The molecule has 0 N–H and O–H groups in total. The molecule has 16 nitrogen and oxygen atoms in total. The van der Waals surface area contributed by atoms with Gasteiger partial charge in [0.2, 0.25) is 5.69 Å². The fourth-order valence-electron chi connectivity index (χ4n) is 15.1. The van der Waals surface area contributed by atoms with E-state index in [1.165, 1.54) is 6.07 Å².